The van der Waals surface area contributed by atoms with Gasteiger partial charge in [0.25, 0.3) is 0 Å². The Labute approximate surface area is 204 Å². The molecule has 1 heterocycles. The fourth-order valence-corrected chi connectivity index (χ4v) is 4.94. The van der Waals surface area contributed by atoms with Crippen molar-refractivity contribution < 1.29 is 36.3 Å². The van der Waals surface area contributed by atoms with Crippen molar-refractivity contribution in [2.45, 2.75) is 24.8 Å². The zero-order chi connectivity index (χ0) is 26.2. The Kier molecular flexibility index (Phi) is 6.65. The molecule has 0 radical (unpaired) electrons. The van der Waals surface area contributed by atoms with E-state index in [1.807, 2.05) is 0 Å². The number of hydrogen-bond donors (Lipinski definition) is 4. The standard InChI is InChI=1S/C24H21F2N3O6S/c1-12(2)22(23(30)31)29-36(33,34)15-5-8-20-17(11-15)16-6-3-14(10-21(16)35-20)28-24(32)27-13-4-7-18(25)19(26)9-13/h3-12,22,29H,1-2H3,(H,30,31)(H2,27,28,32)/t22-/m1/s1. The zero-order valence-corrected chi connectivity index (χ0v) is 19.8. The van der Waals surface area contributed by atoms with Gasteiger partial charge < -0.3 is 20.2 Å². The van der Waals surface area contributed by atoms with Crippen LogP contribution < -0.4 is 15.4 Å². The lowest BCUT2D eigenvalue weighted by Crippen LogP contribution is -2.44. The van der Waals surface area contributed by atoms with E-state index in [1.165, 1.54) is 30.3 Å². The highest BCUT2D eigenvalue weighted by Crippen LogP contribution is 2.32. The predicted molar refractivity (Wildman–Crippen MR) is 129 cm³/mol. The highest BCUT2D eigenvalue weighted by Gasteiger charge is 2.28. The second-order valence-corrected chi connectivity index (χ2v) is 10.1. The van der Waals surface area contributed by atoms with E-state index in [-0.39, 0.29) is 10.6 Å². The van der Waals surface area contributed by atoms with Crippen molar-refractivity contribution in [3.8, 4) is 0 Å². The van der Waals surface area contributed by atoms with E-state index in [1.54, 1.807) is 26.0 Å². The van der Waals surface area contributed by atoms with Crippen LogP contribution in [0.4, 0.5) is 25.0 Å². The maximum Gasteiger partial charge on any atom is 0.323 e. The van der Waals surface area contributed by atoms with Gasteiger partial charge in [0.2, 0.25) is 10.0 Å². The number of carboxylic acid groups (broad SMARTS) is 1. The van der Waals surface area contributed by atoms with Crippen LogP contribution in [0.25, 0.3) is 21.9 Å². The molecule has 3 aromatic carbocycles. The maximum absolute atomic E-state index is 13.3. The van der Waals surface area contributed by atoms with Crippen molar-refractivity contribution in [1.82, 2.24) is 4.72 Å². The minimum absolute atomic E-state index is 0.0566. The average Bonchev–Trinajstić information content (AvgIpc) is 3.16. The number of fused-ring (bicyclic) bond motifs is 3. The summed E-state index contributed by atoms with van der Waals surface area (Å²) < 4.78 is 60.0. The van der Waals surface area contributed by atoms with Crippen molar-refractivity contribution in [2.75, 3.05) is 10.6 Å². The molecule has 0 saturated carbocycles. The minimum atomic E-state index is -4.14. The molecule has 36 heavy (non-hydrogen) atoms. The lowest BCUT2D eigenvalue weighted by molar-refractivity contribution is -0.140. The molecule has 0 unspecified atom stereocenters. The number of carbonyl (C=O) groups excluding carboxylic acids is 1. The van der Waals surface area contributed by atoms with E-state index in [0.717, 1.165) is 12.1 Å². The molecule has 0 fully saturated rings. The summed E-state index contributed by atoms with van der Waals surface area (Å²) in [5.74, 6) is -3.89. The second-order valence-electron chi connectivity index (χ2n) is 8.36. The molecule has 0 saturated heterocycles. The van der Waals surface area contributed by atoms with E-state index in [0.29, 0.717) is 27.6 Å². The SMILES string of the molecule is CC(C)[C@@H](NS(=O)(=O)c1ccc2oc3cc(NC(=O)Nc4ccc(F)c(F)c4)ccc3c2c1)C(=O)O. The lowest BCUT2D eigenvalue weighted by atomic mass is 10.1. The average molecular weight is 518 g/mol. The Morgan fingerprint density at radius 2 is 1.53 bits per heavy atom. The molecule has 0 aliphatic rings. The monoisotopic (exact) mass is 517 g/mol. The molecule has 0 aliphatic heterocycles. The summed E-state index contributed by atoms with van der Waals surface area (Å²) in [4.78, 5) is 23.5. The van der Waals surface area contributed by atoms with Crippen molar-refractivity contribution in [3.63, 3.8) is 0 Å². The number of carboxylic acids is 1. The molecule has 4 aromatic rings. The Bertz CT molecular complexity index is 1600. The Morgan fingerprint density at radius 3 is 2.17 bits per heavy atom. The van der Waals surface area contributed by atoms with Crippen LogP contribution in [0.2, 0.25) is 0 Å². The number of halogens is 2. The first-order valence-electron chi connectivity index (χ1n) is 10.7. The summed E-state index contributed by atoms with van der Waals surface area (Å²) in [5.41, 5.74) is 1.12. The fraction of sp³-hybridized carbons (Fsp3) is 0.167. The van der Waals surface area contributed by atoms with Crippen LogP contribution in [0, 0.1) is 17.6 Å². The van der Waals surface area contributed by atoms with Gasteiger partial charge in [-0.3, -0.25) is 4.79 Å². The van der Waals surface area contributed by atoms with Crippen LogP contribution in [0.3, 0.4) is 0 Å². The summed E-state index contributed by atoms with van der Waals surface area (Å²) in [7, 11) is -4.14. The van der Waals surface area contributed by atoms with Crippen molar-refractivity contribution in [3.05, 3.63) is 66.2 Å². The Morgan fingerprint density at radius 1 is 0.861 bits per heavy atom. The van der Waals surface area contributed by atoms with Crippen LogP contribution in [0.1, 0.15) is 13.8 Å². The first-order valence-corrected chi connectivity index (χ1v) is 12.2. The number of hydrogen-bond acceptors (Lipinski definition) is 5. The molecule has 12 heteroatoms. The van der Waals surface area contributed by atoms with Crippen molar-refractivity contribution in [2.24, 2.45) is 5.92 Å². The normalized spacial score (nSPS) is 12.7. The van der Waals surface area contributed by atoms with Gasteiger partial charge in [0.1, 0.15) is 17.2 Å². The molecule has 4 rings (SSSR count). The molecular weight excluding hydrogens is 496 g/mol. The zero-order valence-electron chi connectivity index (χ0n) is 19.0. The summed E-state index contributed by atoms with van der Waals surface area (Å²) in [5, 5.41) is 15.3. The smallest absolute Gasteiger partial charge is 0.323 e. The summed E-state index contributed by atoms with van der Waals surface area (Å²) in [6.45, 7) is 3.19. The van der Waals surface area contributed by atoms with Crippen LogP contribution in [0.5, 0.6) is 0 Å². The number of urea groups is 1. The molecule has 0 spiro atoms. The number of sulfonamides is 1. The van der Waals surface area contributed by atoms with E-state index < -0.39 is 45.6 Å². The molecule has 1 atom stereocenters. The van der Waals surface area contributed by atoms with Gasteiger partial charge in [-0.2, -0.15) is 4.72 Å². The van der Waals surface area contributed by atoms with Crippen LogP contribution in [-0.4, -0.2) is 31.6 Å². The van der Waals surface area contributed by atoms with Crippen LogP contribution >= 0.6 is 0 Å². The van der Waals surface area contributed by atoms with Gasteiger partial charge in [-0.25, -0.2) is 22.0 Å². The molecular formula is C24H21F2N3O6S. The van der Waals surface area contributed by atoms with Gasteiger partial charge in [0.05, 0.1) is 4.90 Å². The van der Waals surface area contributed by atoms with Crippen molar-refractivity contribution >= 4 is 55.3 Å². The number of nitrogens with one attached hydrogen (secondary N) is 3. The van der Waals surface area contributed by atoms with Gasteiger partial charge in [-0.15, -0.1) is 0 Å². The molecule has 2 amide bonds. The third-order valence-corrected chi connectivity index (χ3v) is 6.84. The third-order valence-electron chi connectivity index (χ3n) is 5.40. The Balaban J connectivity index is 1.58. The summed E-state index contributed by atoms with van der Waals surface area (Å²) in [6, 6.07) is 9.79. The molecule has 188 valence electrons. The van der Waals surface area contributed by atoms with Gasteiger partial charge >= 0.3 is 12.0 Å². The van der Waals surface area contributed by atoms with Gasteiger partial charge in [-0.1, -0.05) is 13.8 Å². The first-order chi connectivity index (χ1) is 16.9. The van der Waals surface area contributed by atoms with Crippen LogP contribution in [0.15, 0.2) is 63.9 Å². The van der Waals surface area contributed by atoms with E-state index >= 15 is 0 Å². The highest BCUT2D eigenvalue weighted by atomic mass is 32.2. The number of carbonyl (C=O) groups is 2. The first kappa shape index (κ1) is 25.1. The van der Waals surface area contributed by atoms with Gasteiger partial charge in [0.15, 0.2) is 11.6 Å². The quantitative estimate of drug-likeness (QED) is 0.275. The van der Waals surface area contributed by atoms with E-state index in [2.05, 4.69) is 15.4 Å². The molecule has 9 nitrogen and oxygen atoms in total. The second kappa shape index (κ2) is 9.55. The molecule has 0 bridgehead atoms. The number of furan rings is 1. The number of rotatable bonds is 7. The maximum atomic E-state index is 13.3. The lowest BCUT2D eigenvalue weighted by Gasteiger charge is -2.17. The molecule has 4 N–H and O–H groups in total. The third kappa shape index (κ3) is 5.14. The predicted octanol–water partition coefficient (Wildman–Crippen LogP) is 4.90. The topological polar surface area (TPSA) is 138 Å². The highest BCUT2D eigenvalue weighted by molar-refractivity contribution is 7.89. The van der Waals surface area contributed by atoms with E-state index in [4.69, 9.17) is 4.42 Å². The Hall–Kier alpha value is -4.03. The van der Waals surface area contributed by atoms with Crippen LogP contribution in [-0.2, 0) is 14.8 Å². The fourth-order valence-electron chi connectivity index (χ4n) is 3.58. The number of amides is 2. The largest absolute Gasteiger partial charge is 0.480 e. The van der Waals surface area contributed by atoms with Gasteiger partial charge in [-0.05, 0) is 48.4 Å². The number of benzene rings is 3. The minimum Gasteiger partial charge on any atom is -0.480 e. The number of aliphatic carboxylic acids is 1. The van der Waals surface area contributed by atoms with Gasteiger partial charge in [0, 0.05) is 34.3 Å². The summed E-state index contributed by atoms with van der Waals surface area (Å²) >= 11 is 0. The molecule has 1 aromatic heterocycles. The number of anilines is 2. The van der Waals surface area contributed by atoms with E-state index in [9.17, 15) is 31.9 Å². The van der Waals surface area contributed by atoms with Crippen molar-refractivity contribution in [1.29, 1.82) is 0 Å². The summed E-state index contributed by atoms with van der Waals surface area (Å²) in [6.07, 6.45) is 0. The molecule has 0 aliphatic carbocycles.